The van der Waals surface area contributed by atoms with Gasteiger partial charge in [-0.3, -0.25) is 0 Å². The molecule has 2 aromatic rings. The molecule has 0 aliphatic heterocycles. The molecule has 0 spiro atoms. The average Bonchev–Trinajstić information content (AvgIpc) is 2.93. The van der Waals surface area contributed by atoms with Crippen molar-refractivity contribution < 1.29 is 13.2 Å². The summed E-state index contributed by atoms with van der Waals surface area (Å²) in [4.78, 5) is 2.13. The summed E-state index contributed by atoms with van der Waals surface area (Å²) in [5.41, 5.74) is 2.49. The number of furan rings is 1. The first-order chi connectivity index (χ1) is 11.0. The SMILES string of the molecule is CN(C)Cc1cccc(CNCc2ccc(CSC(F)F)o2)c1. The van der Waals surface area contributed by atoms with Crippen LogP contribution in [0.1, 0.15) is 22.6 Å². The molecule has 1 aromatic heterocycles. The van der Waals surface area contributed by atoms with Crippen LogP contribution in [0.4, 0.5) is 8.78 Å². The molecule has 1 aromatic carbocycles. The molecule has 23 heavy (non-hydrogen) atoms. The number of rotatable bonds is 9. The van der Waals surface area contributed by atoms with Crippen LogP contribution in [0.3, 0.4) is 0 Å². The normalized spacial score (nSPS) is 11.6. The van der Waals surface area contributed by atoms with Gasteiger partial charge in [-0.2, -0.15) is 8.78 Å². The summed E-state index contributed by atoms with van der Waals surface area (Å²) in [6.45, 7) is 2.23. The molecule has 2 rings (SSSR count). The Kier molecular flexibility index (Phi) is 7.08. The van der Waals surface area contributed by atoms with Crippen molar-refractivity contribution in [3.63, 3.8) is 0 Å². The summed E-state index contributed by atoms with van der Waals surface area (Å²) < 4.78 is 29.8. The van der Waals surface area contributed by atoms with Crippen molar-refractivity contribution in [2.45, 2.75) is 31.1 Å². The molecule has 126 valence electrons. The number of hydrogen-bond acceptors (Lipinski definition) is 4. The number of halogens is 2. The maximum atomic E-state index is 12.1. The van der Waals surface area contributed by atoms with Crippen LogP contribution < -0.4 is 5.32 Å². The van der Waals surface area contributed by atoms with Gasteiger partial charge in [0.15, 0.2) is 0 Å². The highest BCUT2D eigenvalue weighted by molar-refractivity contribution is 7.98. The summed E-state index contributed by atoms with van der Waals surface area (Å²) in [6.07, 6.45) is 0. The minimum Gasteiger partial charge on any atom is -0.464 e. The number of alkyl halides is 2. The third-order valence-electron chi connectivity index (χ3n) is 3.19. The summed E-state index contributed by atoms with van der Waals surface area (Å²) in [5, 5.41) is 3.31. The maximum absolute atomic E-state index is 12.1. The lowest BCUT2D eigenvalue weighted by atomic mass is 10.1. The molecular weight excluding hydrogens is 318 g/mol. The lowest BCUT2D eigenvalue weighted by molar-refractivity contribution is 0.251. The zero-order chi connectivity index (χ0) is 16.7. The van der Waals surface area contributed by atoms with Gasteiger partial charge in [-0.15, -0.1) is 0 Å². The van der Waals surface area contributed by atoms with Crippen LogP contribution in [0.25, 0.3) is 0 Å². The van der Waals surface area contributed by atoms with Crippen molar-refractivity contribution >= 4 is 11.8 Å². The predicted octanol–water partition coefficient (Wildman–Crippen LogP) is 4.09. The molecule has 0 amide bonds. The van der Waals surface area contributed by atoms with Gasteiger partial charge in [0, 0.05) is 13.1 Å². The van der Waals surface area contributed by atoms with E-state index in [0.29, 0.717) is 24.1 Å². The monoisotopic (exact) mass is 340 g/mol. The standard InChI is InChI=1S/C17H22F2N2OS/c1-21(2)11-14-5-3-4-13(8-14)9-20-10-15-6-7-16(22-15)12-23-17(18)19/h3-8,17,20H,9-12H2,1-2H3. The fraction of sp³-hybridized carbons (Fsp3) is 0.412. The molecule has 0 bridgehead atoms. The minimum atomic E-state index is -2.36. The number of thioether (sulfide) groups is 1. The van der Waals surface area contributed by atoms with Crippen molar-refractivity contribution in [2.75, 3.05) is 14.1 Å². The Hall–Kier alpha value is -1.37. The smallest absolute Gasteiger partial charge is 0.284 e. The Morgan fingerprint density at radius 1 is 1.09 bits per heavy atom. The zero-order valence-corrected chi connectivity index (χ0v) is 14.2. The molecular formula is C17H22F2N2OS. The van der Waals surface area contributed by atoms with Gasteiger partial charge in [0.05, 0.1) is 12.3 Å². The summed E-state index contributed by atoms with van der Waals surface area (Å²) >= 11 is 0.573. The molecule has 3 nitrogen and oxygen atoms in total. The summed E-state index contributed by atoms with van der Waals surface area (Å²) in [5.74, 6) is -0.819. The van der Waals surface area contributed by atoms with Crippen molar-refractivity contribution in [3.8, 4) is 0 Å². The second kappa shape index (κ2) is 9.05. The van der Waals surface area contributed by atoms with Gasteiger partial charge in [0.2, 0.25) is 0 Å². The summed E-state index contributed by atoms with van der Waals surface area (Å²) in [7, 11) is 4.09. The van der Waals surface area contributed by atoms with Crippen molar-refractivity contribution in [1.29, 1.82) is 0 Å². The largest absolute Gasteiger partial charge is 0.464 e. The first-order valence-corrected chi connectivity index (χ1v) is 8.48. The van der Waals surface area contributed by atoms with Crippen molar-refractivity contribution in [3.05, 3.63) is 59.0 Å². The van der Waals surface area contributed by atoms with Crippen LogP contribution >= 0.6 is 11.8 Å². The predicted molar refractivity (Wildman–Crippen MR) is 90.4 cm³/mol. The number of nitrogens with one attached hydrogen (secondary N) is 1. The number of benzene rings is 1. The molecule has 0 aliphatic rings. The molecule has 1 N–H and O–H groups in total. The fourth-order valence-corrected chi connectivity index (χ4v) is 2.72. The molecule has 1 heterocycles. The Morgan fingerprint density at radius 3 is 2.57 bits per heavy atom. The van der Waals surface area contributed by atoms with Gasteiger partial charge in [-0.1, -0.05) is 36.0 Å². The van der Waals surface area contributed by atoms with E-state index in [2.05, 4.69) is 34.5 Å². The Bertz CT molecular complexity index is 602. The molecule has 0 saturated heterocycles. The van der Waals surface area contributed by atoms with E-state index in [9.17, 15) is 8.78 Å². The lowest BCUT2D eigenvalue weighted by Crippen LogP contribution is -2.13. The van der Waals surface area contributed by atoms with Crippen LogP contribution in [-0.2, 0) is 25.4 Å². The second-order valence-corrected chi connectivity index (χ2v) is 6.58. The van der Waals surface area contributed by atoms with Gasteiger partial charge in [0.1, 0.15) is 11.5 Å². The molecule has 0 radical (unpaired) electrons. The van der Waals surface area contributed by atoms with Crippen LogP contribution in [0.15, 0.2) is 40.8 Å². The molecule has 0 atom stereocenters. The van der Waals surface area contributed by atoms with E-state index in [0.717, 1.165) is 18.8 Å². The van der Waals surface area contributed by atoms with Crippen molar-refractivity contribution in [1.82, 2.24) is 10.2 Å². The van der Waals surface area contributed by atoms with E-state index in [1.807, 2.05) is 20.2 Å². The minimum absolute atomic E-state index is 0.199. The van der Waals surface area contributed by atoms with E-state index >= 15 is 0 Å². The van der Waals surface area contributed by atoms with Crippen LogP contribution in [-0.4, -0.2) is 24.8 Å². The van der Waals surface area contributed by atoms with E-state index in [4.69, 9.17) is 4.42 Å². The Labute approximate surface area is 140 Å². The van der Waals surface area contributed by atoms with Gasteiger partial charge in [-0.25, -0.2) is 0 Å². The van der Waals surface area contributed by atoms with E-state index in [1.54, 1.807) is 6.07 Å². The van der Waals surface area contributed by atoms with E-state index in [-0.39, 0.29) is 5.75 Å². The Balaban J connectivity index is 1.78. The van der Waals surface area contributed by atoms with Gasteiger partial charge < -0.3 is 14.6 Å². The van der Waals surface area contributed by atoms with Gasteiger partial charge >= 0.3 is 0 Å². The van der Waals surface area contributed by atoms with Crippen LogP contribution in [0.5, 0.6) is 0 Å². The topological polar surface area (TPSA) is 28.4 Å². The Morgan fingerprint density at radius 2 is 1.83 bits per heavy atom. The molecule has 6 heteroatoms. The maximum Gasteiger partial charge on any atom is 0.284 e. The third kappa shape index (κ3) is 6.72. The summed E-state index contributed by atoms with van der Waals surface area (Å²) in [6, 6.07) is 12.0. The third-order valence-corrected chi connectivity index (χ3v) is 3.89. The first kappa shape index (κ1) is 18.0. The molecule has 0 saturated carbocycles. The fourth-order valence-electron chi connectivity index (χ4n) is 2.27. The van der Waals surface area contributed by atoms with Crippen LogP contribution in [0.2, 0.25) is 0 Å². The van der Waals surface area contributed by atoms with Gasteiger partial charge in [0.25, 0.3) is 5.76 Å². The number of nitrogens with zero attached hydrogens (tertiary/aromatic N) is 1. The zero-order valence-electron chi connectivity index (χ0n) is 13.4. The molecule has 0 fully saturated rings. The van der Waals surface area contributed by atoms with E-state index < -0.39 is 5.76 Å². The molecule has 0 unspecified atom stereocenters. The highest BCUT2D eigenvalue weighted by atomic mass is 32.2. The van der Waals surface area contributed by atoms with E-state index in [1.165, 1.54) is 11.1 Å². The second-order valence-electron chi connectivity index (χ2n) is 5.60. The first-order valence-electron chi connectivity index (χ1n) is 7.43. The highest BCUT2D eigenvalue weighted by Crippen LogP contribution is 2.21. The number of hydrogen-bond donors (Lipinski definition) is 1. The van der Waals surface area contributed by atoms with Gasteiger partial charge in [-0.05, 0) is 37.4 Å². The quantitative estimate of drug-likeness (QED) is 0.744. The average molecular weight is 340 g/mol. The van der Waals surface area contributed by atoms with Crippen LogP contribution in [0, 0.1) is 0 Å². The highest BCUT2D eigenvalue weighted by Gasteiger charge is 2.07. The van der Waals surface area contributed by atoms with Crippen molar-refractivity contribution in [2.24, 2.45) is 0 Å². The molecule has 0 aliphatic carbocycles. The lowest BCUT2D eigenvalue weighted by Gasteiger charge is -2.11.